The van der Waals surface area contributed by atoms with Crippen molar-refractivity contribution in [2.45, 2.75) is 26.3 Å². The Morgan fingerprint density at radius 1 is 0.969 bits per heavy atom. The van der Waals surface area contributed by atoms with Gasteiger partial charge in [0.1, 0.15) is 0 Å². The molecule has 0 radical (unpaired) electrons. The van der Waals surface area contributed by atoms with E-state index < -0.39 is 10.0 Å². The maximum Gasteiger partial charge on any atom is 0.271 e. The first-order valence-electron chi connectivity index (χ1n) is 10.3. The Bertz CT molecular complexity index is 1170. The van der Waals surface area contributed by atoms with Gasteiger partial charge < -0.3 is 0 Å². The Morgan fingerprint density at radius 2 is 1.59 bits per heavy atom. The Morgan fingerprint density at radius 3 is 2.16 bits per heavy atom. The SMILES string of the molecule is CC(C)c1ccc(C=NNC(=O)c2ccc(CN(c3ccccc3)S(C)(=O)=O)cc2)cc1. The molecule has 0 aromatic heterocycles. The van der Waals surface area contributed by atoms with Gasteiger partial charge in [0, 0.05) is 5.56 Å². The number of nitrogens with one attached hydrogen (secondary N) is 1. The standard InChI is InChI=1S/C25H27N3O3S/c1-19(2)22-13-9-20(10-14-22)17-26-27-25(29)23-15-11-21(12-16-23)18-28(32(3,30)31)24-7-5-4-6-8-24/h4-17,19H,18H2,1-3H3,(H,27,29). The Hall–Kier alpha value is -3.45. The van der Waals surface area contributed by atoms with Gasteiger partial charge in [-0.15, -0.1) is 0 Å². The fourth-order valence-corrected chi connectivity index (χ4v) is 4.01. The summed E-state index contributed by atoms with van der Waals surface area (Å²) in [7, 11) is -3.45. The molecule has 0 spiro atoms. The summed E-state index contributed by atoms with van der Waals surface area (Å²) < 4.78 is 25.8. The highest BCUT2D eigenvalue weighted by Crippen LogP contribution is 2.20. The van der Waals surface area contributed by atoms with Gasteiger partial charge in [-0.3, -0.25) is 9.10 Å². The predicted molar refractivity (Wildman–Crippen MR) is 130 cm³/mol. The highest BCUT2D eigenvalue weighted by molar-refractivity contribution is 7.92. The summed E-state index contributed by atoms with van der Waals surface area (Å²) in [5.74, 6) is 0.121. The molecule has 7 heteroatoms. The predicted octanol–water partition coefficient (Wildman–Crippen LogP) is 4.54. The molecule has 0 aliphatic carbocycles. The van der Waals surface area contributed by atoms with Crippen molar-refractivity contribution in [2.24, 2.45) is 5.10 Å². The van der Waals surface area contributed by atoms with Gasteiger partial charge in [0.25, 0.3) is 5.91 Å². The summed E-state index contributed by atoms with van der Waals surface area (Å²) in [4.78, 5) is 12.4. The van der Waals surface area contributed by atoms with Crippen molar-refractivity contribution in [3.8, 4) is 0 Å². The number of hydrogen-bond donors (Lipinski definition) is 1. The van der Waals surface area contributed by atoms with Crippen LogP contribution in [-0.4, -0.2) is 26.8 Å². The average molecular weight is 450 g/mol. The van der Waals surface area contributed by atoms with Crippen LogP contribution in [0.3, 0.4) is 0 Å². The van der Waals surface area contributed by atoms with Crippen LogP contribution in [0.2, 0.25) is 0 Å². The number of nitrogens with zero attached hydrogens (tertiary/aromatic N) is 2. The fraction of sp³-hybridized carbons (Fsp3) is 0.200. The quantitative estimate of drug-likeness (QED) is 0.405. The van der Waals surface area contributed by atoms with Gasteiger partial charge in [-0.2, -0.15) is 5.10 Å². The van der Waals surface area contributed by atoms with E-state index in [0.29, 0.717) is 17.2 Å². The zero-order valence-electron chi connectivity index (χ0n) is 18.4. The minimum atomic E-state index is -3.45. The van der Waals surface area contributed by atoms with Gasteiger partial charge >= 0.3 is 0 Å². The van der Waals surface area contributed by atoms with Crippen molar-refractivity contribution in [1.29, 1.82) is 0 Å². The van der Waals surface area contributed by atoms with E-state index in [1.807, 2.05) is 30.3 Å². The summed E-state index contributed by atoms with van der Waals surface area (Å²) in [6.07, 6.45) is 2.77. The first-order chi connectivity index (χ1) is 15.2. The normalized spacial score (nSPS) is 11.6. The van der Waals surface area contributed by atoms with E-state index in [2.05, 4.69) is 24.4 Å². The van der Waals surface area contributed by atoms with E-state index >= 15 is 0 Å². The third-order valence-corrected chi connectivity index (χ3v) is 6.11. The van der Waals surface area contributed by atoms with Crippen LogP contribution < -0.4 is 9.73 Å². The summed E-state index contributed by atoms with van der Waals surface area (Å²) >= 11 is 0. The maximum absolute atomic E-state index is 12.4. The molecule has 0 aliphatic heterocycles. The first kappa shape index (κ1) is 23.2. The second kappa shape index (κ2) is 10.2. The number of para-hydroxylation sites is 1. The lowest BCUT2D eigenvalue weighted by atomic mass is 10.0. The van der Waals surface area contributed by atoms with E-state index in [1.54, 1.807) is 54.7 Å². The highest BCUT2D eigenvalue weighted by atomic mass is 32.2. The lowest BCUT2D eigenvalue weighted by Crippen LogP contribution is -2.29. The minimum Gasteiger partial charge on any atom is -0.267 e. The molecule has 3 rings (SSSR count). The number of benzene rings is 3. The summed E-state index contributed by atoms with van der Waals surface area (Å²) in [6.45, 7) is 4.44. The number of carbonyl (C=O) groups excluding carboxylic acids is 1. The summed E-state index contributed by atoms with van der Waals surface area (Å²) in [5, 5.41) is 4.02. The van der Waals surface area contributed by atoms with Crippen LogP contribution >= 0.6 is 0 Å². The van der Waals surface area contributed by atoms with Gasteiger partial charge in [0.15, 0.2) is 0 Å². The zero-order valence-corrected chi connectivity index (χ0v) is 19.2. The highest BCUT2D eigenvalue weighted by Gasteiger charge is 2.17. The number of anilines is 1. The van der Waals surface area contributed by atoms with Gasteiger partial charge in [0.05, 0.1) is 24.7 Å². The van der Waals surface area contributed by atoms with Crippen LogP contribution in [-0.2, 0) is 16.6 Å². The molecule has 32 heavy (non-hydrogen) atoms. The monoisotopic (exact) mass is 449 g/mol. The topological polar surface area (TPSA) is 78.8 Å². The zero-order chi connectivity index (χ0) is 23.1. The van der Waals surface area contributed by atoms with Crippen LogP contribution in [0.25, 0.3) is 0 Å². The second-order valence-electron chi connectivity index (χ2n) is 7.82. The van der Waals surface area contributed by atoms with Gasteiger partial charge in [-0.05, 0) is 46.9 Å². The van der Waals surface area contributed by atoms with E-state index in [-0.39, 0.29) is 12.5 Å². The molecule has 0 atom stereocenters. The summed E-state index contributed by atoms with van der Waals surface area (Å²) in [6, 6.07) is 23.7. The average Bonchev–Trinajstić information content (AvgIpc) is 2.78. The van der Waals surface area contributed by atoms with Crippen molar-refractivity contribution in [2.75, 3.05) is 10.6 Å². The van der Waals surface area contributed by atoms with Gasteiger partial charge in [0.2, 0.25) is 10.0 Å². The van der Waals surface area contributed by atoms with E-state index in [9.17, 15) is 13.2 Å². The number of rotatable bonds is 8. The van der Waals surface area contributed by atoms with Crippen molar-refractivity contribution < 1.29 is 13.2 Å². The van der Waals surface area contributed by atoms with Crippen LogP contribution in [0.15, 0.2) is 84.0 Å². The maximum atomic E-state index is 12.4. The largest absolute Gasteiger partial charge is 0.271 e. The number of sulfonamides is 1. The van der Waals surface area contributed by atoms with Crippen LogP contribution in [0.1, 0.15) is 46.8 Å². The van der Waals surface area contributed by atoms with Crippen molar-refractivity contribution >= 4 is 27.8 Å². The molecule has 6 nitrogen and oxygen atoms in total. The second-order valence-corrected chi connectivity index (χ2v) is 9.73. The Labute approximate surface area is 189 Å². The molecule has 0 aliphatic rings. The molecule has 1 amide bonds. The minimum absolute atomic E-state index is 0.176. The third kappa shape index (κ3) is 6.28. The molecule has 1 N–H and O–H groups in total. The number of hydrogen-bond acceptors (Lipinski definition) is 4. The lowest BCUT2D eigenvalue weighted by Gasteiger charge is -2.22. The molecular weight excluding hydrogens is 422 g/mol. The van der Waals surface area contributed by atoms with Crippen LogP contribution in [0, 0.1) is 0 Å². The number of amides is 1. The Balaban J connectivity index is 1.63. The number of carbonyl (C=O) groups is 1. The van der Waals surface area contributed by atoms with E-state index in [0.717, 1.165) is 11.1 Å². The number of hydrazone groups is 1. The van der Waals surface area contributed by atoms with Gasteiger partial charge in [-0.1, -0.05) is 68.4 Å². The van der Waals surface area contributed by atoms with E-state index in [1.165, 1.54) is 16.1 Å². The lowest BCUT2D eigenvalue weighted by molar-refractivity contribution is 0.0955. The molecule has 0 fully saturated rings. The molecule has 0 heterocycles. The molecular formula is C25H27N3O3S. The van der Waals surface area contributed by atoms with Crippen molar-refractivity contribution in [3.05, 3.63) is 101 Å². The fourth-order valence-electron chi connectivity index (χ4n) is 3.12. The van der Waals surface area contributed by atoms with Gasteiger partial charge in [-0.25, -0.2) is 13.8 Å². The van der Waals surface area contributed by atoms with E-state index in [4.69, 9.17) is 0 Å². The first-order valence-corrected chi connectivity index (χ1v) is 12.1. The molecule has 3 aromatic rings. The molecule has 0 bridgehead atoms. The molecule has 0 unspecified atom stereocenters. The molecule has 166 valence electrons. The molecule has 0 saturated carbocycles. The molecule has 0 saturated heterocycles. The smallest absolute Gasteiger partial charge is 0.267 e. The molecule has 3 aromatic carbocycles. The van der Waals surface area contributed by atoms with Crippen molar-refractivity contribution in [3.63, 3.8) is 0 Å². The third-order valence-electron chi connectivity index (χ3n) is 4.97. The van der Waals surface area contributed by atoms with Crippen LogP contribution in [0.5, 0.6) is 0 Å². The summed E-state index contributed by atoms with van der Waals surface area (Å²) in [5.41, 5.74) is 6.45. The van der Waals surface area contributed by atoms with Crippen LogP contribution in [0.4, 0.5) is 5.69 Å². The Kier molecular flexibility index (Phi) is 7.43. The van der Waals surface area contributed by atoms with Crippen molar-refractivity contribution in [1.82, 2.24) is 5.43 Å².